The van der Waals surface area contributed by atoms with Crippen molar-refractivity contribution in [2.75, 3.05) is 0 Å². The first-order chi connectivity index (χ1) is 6.19. The highest BCUT2D eigenvalue weighted by molar-refractivity contribution is 5.48. The molecule has 0 saturated carbocycles. The highest BCUT2D eigenvalue weighted by Gasteiger charge is 2.08. The zero-order chi connectivity index (χ0) is 9.84. The first-order valence-electron chi connectivity index (χ1n) is 5.30. The second-order valence-corrected chi connectivity index (χ2v) is 3.90. The second kappa shape index (κ2) is 4.45. The average Bonchev–Trinajstić information content (AvgIpc) is 2.56. The Morgan fingerprint density at radius 3 is 2.15 bits per heavy atom. The van der Waals surface area contributed by atoms with Gasteiger partial charge in [0.15, 0.2) is 0 Å². The van der Waals surface area contributed by atoms with Gasteiger partial charge in [0, 0.05) is 0 Å². The van der Waals surface area contributed by atoms with Crippen LogP contribution in [0, 0.1) is 5.92 Å². The molecule has 0 nitrogen and oxygen atoms in total. The highest BCUT2D eigenvalue weighted by Crippen LogP contribution is 2.26. The Labute approximate surface area is 82.0 Å². The molecule has 0 N–H and O–H groups in total. The summed E-state index contributed by atoms with van der Waals surface area (Å²) in [7, 11) is 0. The summed E-state index contributed by atoms with van der Waals surface area (Å²) in [5.41, 5.74) is 4.50. The molecule has 0 aromatic rings. The normalized spacial score (nSPS) is 15.5. The van der Waals surface area contributed by atoms with E-state index in [-0.39, 0.29) is 0 Å². The molecule has 0 saturated heterocycles. The third-order valence-corrected chi connectivity index (χ3v) is 2.71. The summed E-state index contributed by atoms with van der Waals surface area (Å²) < 4.78 is 0. The SMILES string of the molecule is CCC(CC)=C1C=CC(C(C)C)=C1. The van der Waals surface area contributed by atoms with Crippen LogP contribution in [0.4, 0.5) is 0 Å². The minimum Gasteiger partial charge on any atom is -0.0635 e. The molecule has 0 aromatic carbocycles. The maximum Gasteiger partial charge on any atom is -0.0219 e. The molecule has 0 fully saturated rings. The Balaban J connectivity index is 2.89. The molecule has 72 valence electrons. The van der Waals surface area contributed by atoms with E-state index in [2.05, 4.69) is 45.9 Å². The summed E-state index contributed by atoms with van der Waals surface area (Å²) >= 11 is 0. The van der Waals surface area contributed by atoms with Crippen LogP contribution in [0.1, 0.15) is 40.5 Å². The third kappa shape index (κ3) is 2.33. The Morgan fingerprint density at radius 1 is 1.15 bits per heavy atom. The van der Waals surface area contributed by atoms with E-state index in [0.29, 0.717) is 5.92 Å². The zero-order valence-corrected chi connectivity index (χ0v) is 9.22. The molecule has 1 aliphatic carbocycles. The molecule has 0 spiro atoms. The van der Waals surface area contributed by atoms with Crippen molar-refractivity contribution < 1.29 is 0 Å². The molecule has 0 unspecified atom stereocenters. The first kappa shape index (κ1) is 10.3. The van der Waals surface area contributed by atoms with Crippen molar-refractivity contribution in [3.63, 3.8) is 0 Å². The molecule has 0 atom stereocenters. The van der Waals surface area contributed by atoms with Crippen LogP contribution in [0.15, 0.2) is 34.9 Å². The van der Waals surface area contributed by atoms with Crippen LogP contribution >= 0.6 is 0 Å². The Bertz CT molecular complexity index is 256. The Hall–Kier alpha value is -0.780. The van der Waals surface area contributed by atoms with E-state index in [1.54, 1.807) is 5.57 Å². The number of allylic oxidation sites excluding steroid dienone is 6. The molecule has 0 heteroatoms. The summed E-state index contributed by atoms with van der Waals surface area (Å²) in [6, 6.07) is 0. The summed E-state index contributed by atoms with van der Waals surface area (Å²) in [4.78, 5) is 0. The van der Waals surface area contributed by atoms with E-state index >= 15 is 0 Å². The quantitative estimate of drug-likeness (QED) is 0.603. The molecule has 0 aliphatic heterocycles. The molecular weight excluding hydrogens is 156 g/mol. The molecule has 1 rings (SSSR count). The predicted molar refractivity (Wildman–Crippen MR) is 59.7 cm³/mol. The summed E-state index contributed by atoms with van der Waals surface area (Å²) in [6.45, 7) is 8.97. The third-order valence-electron chi connectivity index (χ3n) is 2.71. The van der Waals surface area contributed by atoms with Crippen LogP contribution in [-0.4, -0.2) is 0 Å². The Morgan fingerprint density at radius 2 is 1.77 bits per heavy atom. The predicted octanol–water partition coefficient (Wildman–Crippen LogP) is 4.26. The van der Waals surface area contributed by atoms with Gasteiger partial charge in [0.05, 0.1) is 0 Å². The van der Waals surface area contributed by atoms with Crippen LogP contribution in [0.25, 0.3) is 0 Å². The van der Waals surface area contributed by atoms with Gasteiger partial charge in [0.25, 0.3) is 0 Å². The van der Waals surface area contributed by atoms with Gasteiger partial charge in [-0.15, -0.1) is 0 Å². The van der Waals surface area contributed by atoms with Crippen LogP contribution in [0.5, 0.6) is 0 Å². The van der Waals surface area contributed by atoms with E-state index in [1.165, 1.54) is 24.0 Å². The standard InChI is InChI=1S/C13H20/c1-5-11(6-2)13-8-7-12(9-13)10(3)4/h7-10H,5-6H2,1-4H3. The smallest absolute Gasteiger partial charge is 0.0219 e. The fourth-order valence-corrected chi connectivity index (χ4v) is 1.70. The maximum absolute atomic E-state index is 2.34. The minimum atomic E-state index is 0.656. The molecule has 1 aliphatic rings. The molecule has 0 radical (unpaired) electrons. The lowest BCUT2D eigenvalue weighted by molar-refractivity contribution is 0.794. The van der Waals surface area contributed by atoms with Gasteiger partial charge in [0.1, 0.15) is 0 Å². The van der Waals surface area contributed by atoms with Gasteiger partial charge in [-0.1, -0.05) is 51.5 Å². The van der Waals surface area contributed by atoms with Crippen LogP contribution in [-0.2, 0) is 0 Å². The molecule has 0 aromatic heterocycles. The van der Waals surface area contributed by atoms with E-state index in [9.17, 15) is 0 Å². The largest absolute Gasteiger partial charge is 0.0635 e. The van der Waals surface area contributed by atoms with Gasteiger partial charge in [-0.05, 0) is 29.9 Å². The van der Waals surface area contributed by atoms with Crippen molar-refractivity contribution in [3.8, 4) is 0 Å². The average molecular weight is 176 g/mol. The topological polar surface area (TPSA) is 0 Å². The summed E-state index contributed by atoms with van der Waals surface area (Å²) in [6.07, 6.45) is 9.21. The van der Waals surface area contributed by atoms with Gasteiger partial charge in [-0.25, -0.2) is 0 Å². The monoisotopic (exact) mass is 176 g/mol. The summed E-state index contributed by atoms with van der Waals surface area (Å²) in [5.74, 6) is 0.656. The van der Waals surface area contributed by atoms with Gasteiger partial charge in [0.2, 0.25) is 0 Å². The van der Waals surface area contributed by atoms with Crippen molar-refractivity contribution in [3.05, 3.63) is 34.9 Å². The molecule has 0 heterocycles. The van der Waals surface area contributed by atoms with E-state index in [1.807, 2.05) is 0 Å². The molecular formula is C13H20. The lowest BCUT2D eigenvalue weighted by Gasteiger charge is -2.03. The fraction of sp³-hybridized carbons (Fsp3) is 0.538. The Kier molecular flexibility index (Phi) is 3.53. The van der Waals surface area contributed by atoms with Crippen LogP contribution in [0.2, 0.25) is 0 Å². The van der Waals surface area contributed by atoms with E-state index in [0.717, 1.165) is 0 Å². The summed E-state index contributed by atoms with van der Waals surface area (Å²) in [5, 5.41) is 0. The lowest BCUT2D eigenvalue weighted by atomic mass is 10.0. The second-order valence-electron chi connectivity index (χ2n) is 3.90. The molecule has 0 amide bonds. The van der Waals surface area contributed by atoms with E-state index < -0.39 is 0 Å². The highest BCUT2D eigenvalue weighted by atomic mass is 14.1. The fourth-order valence-electron chi connectivity index (χ4n) is 1.70. The van der Waals surface area contributed by atoms with Crippen molar-refractivity contribution in [2.24, 2.45) is 5.92 Å². The number of hydrogen-bond donors (Lipinski definition) is 0. The van der Waals surface area contributed by atoms with Crippen molar-refractivity contribution >= 4 is 0 Å². The van der Waals surface area contributed by atoms with Crippen molar-refractivity contribution in [2.45, 2.75) is 40.5 Å². The van der Waals surface area contributed by atoms with Gasteiger partial charge in [-0.3, -0.25) is 0 Å². The minimum absolute atomic E-state index is 0.656. The molecule has 0 bridgehead atoms. The first-order valence-corrected chi connectivity index (χ1v) is 5.30. The van der Waals surface area contributed by atoms with Crippen LogP contribution < -0.4 is 0 Å². The van der Waals surface area contributed by atoms with Crippen LogP contribution in [0.3, 0.4) is 0 Å². The number of rotatable bonds is 3. The zero-order valence-electron chi connectivity index (χ0n) is 9.22. The van der Waals surface area contributed by atoms with Crippen molar-refractivity contribution in [1.82, 2.24) is 0 Å². The van der Waals surface area contributed by atoms with Gasteiger partial charge in [-0.2, -0.15) is 0 Å². The molecule has 13 heavy (non-hydrogen) atoms. The van der Waals surface area contributed by atoms with Gasteiger partial charge >= 0.3 is 0 Å². The maximum atomic E-state index is 2.34. The number of hydrogen-bond acceptors (Lipinski definition) is 0. The lowest BCUT2D eigenvalue weighted by Crippen LogP contribution is -1.87. The van der Waals surface area contributed by atoms with Crippen molar-refractivity contribution in [1.29, 1.82) is 0 Å². The van der Waals surface area contributed by atoms with E-state index in [4.69, 9.17) is 0 Å². The van der Waals surface area contributed by atoms with Gasteiger partial charge < -0.3 is 0 Å².